The van der Waals surface area contributed by atoms with Crippen LogP contribution in [0.2, 0.25) is 0 Å². The van der Waals surface area contributed by atoms with E-state index in [1.165, 1.54) is 50.5 Å². The Hall–Kier alpha value is -3.56. The molecule has 288 valence electrons. The molecule has 4 aromatic rings. The van der Waals surface area contributed by atoms with E-state index < -0.39 is 5.60 Å². The summed E-state index contributed by atoms with van der Waals surface area (Å²) in [4.78, 5) is 0. The Bertz CT molecular complexity index is 1320. The molecule has 0 unspecified atom stereocenters. The molecule has 0 N–H and O–H groups in total. The number of rotatable bonds is 31. The van der Waals surface area contributed by atoms with Crippen LogP contribution in [0.3, 0.4) is 0 Å². The van der Waals surface area contributed by atoms with Gasteiger partial charge in [-0.3, -0.25) is 0 Å². The average molecular weight is 727 g/mol. The van der Waals surface area contributed by atoms with Gasteiger partial charge in [-0.1, -0.05) is 149 Å². The number of aryl methyl sites for hydroxylation is 1. The molecule has 7 nitrogen and oxygen atoms in total. The Balaban J connectivity index is 0.954. The quantitative estimate of drug-likeness (QED) is 0.0378. The molecule has 0 aliphatic carbocycles. The molecule has 0 saturated carbocycles. The van der Waals surface area contributed by atoms with E-state index in [4.69, 9.17) is 33.2 Å². The van der Waals surface area contributed by atoms with Crippen LogP contribution in [0.5, 0.6) is 5.75 Å². The predicted octanol–water partition coefficient (Wildman–Crippen LogP) is 9.45. The van der Waals surface area contributed by atoms with Crippen LogP contribution in [0.15, 0.2) is 115 Å². The molecule has 0 aliphatic heterocycles. The van der Waals surface area contributed by atoms with Gasteiger partial charge in [-0.15, -0.1) is 0 Å². The Labute approximate surface area is 318 Å². The third kappa shape index (κ3) is 16.1. The summed E-state index contributed by atoms with van der Waals surface area (Å²) in [5.41, 5.74) is 3.86. The standard InChI is InChI=1S/C46H62O7/c1-2-3-4-5-6-7-11-18-41-25-27-45(28-26-41)52-39-37-50-35-33-48-31-29-47-30-32-49-34-36-51-38-40-53-46(42-19-12-8-13-20-42,43-21-14-9-15-22-43)44-23-16-10-17-24-44/h8-10,12-17,19-28H,2-7,11,18,29-40H2,1H3. The highest BCUT2D eigenvalue weighted by molar-refractivity contribution is 5.47. The fourth-order valence-electron chi connectivity index (χ4n) is 6.26. The van der Waals surface area contributed by atoms with Gasteiger partial charge in [0.25, 0.3) is 0 Å². The molecule has 4 aromatic carbocycles. The molecule has 0 radical (unpaired) electrons. The smallest absolute Gasteiger partial charge is 0.143 e. The summed E-state index contributed by atoms with van der Waals surface area (Å²) in [5.74, 6) is 0.889. The van der Waals surface area contributed by atoms with Crippen LogP contribution in [0.4, 0.5) is 0 Å². The predicted molar refractivity (Wildman–Crippen MR) is 213 cm³/mol. The summed E-state index contributed by atoms with van der Waals surface area (Å²) in [6.07, 6.45) is 10.5. The van der Waals surface area contributed by atoms with Crippen molar-refractivity contribution in [2.45, 2.75) is 63.9 Å². The molecule has 0 saturated heterocycles. The van der Waals surface area contributed by atoms with Crippen LogP contribution >= 0.6 is 0 Å². The molecule has 0 bridgehead atoms. The fourth-order valence-corrected chi connectivity index (χ4v) is 6.26. The zero-order valence-electron chi connectivity index (χ0n) is 32.0. The van der Waals surface area contributed by atoms with Crippen molar-refractivity contribution < 1.29 is 33.2 Å². The number of ether oxygens (including phenoxy) is 7. The van der Waals surface area contributed by atoms with E-state index >= 15 is 0 Å². The molecule has 4 rings (SSSR count). The van der Waals surface area contributed by atoms with Crippen molar-refractivity contribution >= 4 is 0 Å². The topological polar surface area (TPSA) is 64.6 Å². The number of hydrogen-bond donors (Lipinski definition) is 0. The average Bonchev–Trinajstić information content (AvgIpc) is 3.21. The normalized spacial score (nSPS) is 11.6. The van der Waals surface area contributed by atoms with E-state index in [1.54, 1.807) is 0 Å². The molecular formula is C46H62O7. The Morgan fingerprint density at radius 1 is 0.377 bits per heavy atom. The fraction of sp³-hybridized carbons (Fsp3) is 0.478. The van der Waals surface area contributed by atoms with E-state index in [-0.39, 0.29) is 0 Å². The van der Waals surface area contributed by atoms with Crippen molar-refractivity contribution in [3.05, 3.63) is 138 Å². The Morgan fingerprint density at radius 2 is 0.755 bits per heavy atom. The minimum atomic E-state index is -0.743. The van der Waals surface area contributed by atoms with Crippen LogP contribution < -0.4 is 4.74 Å². The Kier molecular flexibility index (Phi) is 21.6. The maximum Gasteiger partial charge on any atom is 0.143 e. The van der Waals surface area contributed by atoms with Crippen LogP contribution in [0, 0.1) is 0 Å². The molecule has 7 heteroatoms. The molecule has 0 spiro atoms. The van der Waals surface area contributed by atoms with Gasteiger partial charge in [0.15, 0.2) is 0 Å². The largest absolute Gasteiger partial charge is 0.491 e. The lowest BCUT2D eigenvalue weighted by atomic mass is 9.80. The first-order chi connectivity index (χ1) is 26.3. The molecule has 53 heavy (non-hydrogen) atoms. The number of benzene rings is 4. The lowest BCUT2D eigenvalue weighted by Gasteiger charge is -2.36. The molecule has 0 heterocycles. The van der Waals surface area contributed by atoms with Gasteiger partial charge in [0.2, 0.25) is 0 Å². The van der Waals surface area contributed by atoms with E-state index in [0.29, 0.717) is 79.3 Å². The second-order valence-corrected chi connectivity index (χ2v) is 13.1. The monoisotopic (exact) mass is 726 g/mol. The third-order valence-electron chi connectivity index (χ3n) is 9.06. The third-order valence-corrected chi connectivity index (χ3v) is 9.06. The highest BCUT2D eigenvalue weighted by atomic mass is 16.6. The summed E-state index contributed by atoms with van der Waals surface area (Å²) in [6, 6.07) is 39.6. The molecule has 0 fully saturated rings. The summed E-state index contributed by atoms with van der Waals surface area (Å²) >= 11 is 0. The first-order valence-corrected chi connectivity index (χ1v) is 19.7. The van der Waals surface area contributed by atoms with Crippen LogP contribution in [0.25, 0.3) is 0 Å². The highest BCUT2D eigenvalue weighted by Gasteiger charge is 2.37. The second-order valence-electron chi connectivity index (χ2n) is 13.1. The van der Waals surface area contributed by atoms with E-state index in [9.17, 15) is 0 Å². The van der Waals surface area contributed by atoms with Crippen LogP contribution in [-0.2, 0) is 40.4 Å². The Morgan fingerprint density at radius 3 is 1.19 bits per heavy atom. The second kappa shape index (κ2) is 27.1. The first-order valence-electron chi connectivity index (χ1n) is 19.7. The summed E-state index contributed by atoms with van der Waals surface area (Å²) in [6.45, 7) is 8.28. The number of hydrogen-bond acceptors (Lipinski definition) is 7. The van der Waals surface area contributed by atoms with Crippen LogP contribution in [-0.4, -0.2) is 79.3 Å². The zero-order chi connectivity index (χ0) is 36.9. The van der Waals surface area contributed by atoms with Crippen molar-refractivity contribution in [3.63, 3.8) is 0 Å². The van der Waals surface area contributed by atoms with E-state index in [0.717, 1.165) is 28.9 Å². The van der Waals surface area contributed by atoms with Gasteiger partial charge in [-0.25, -0.2) is 0 Å². The molecule has 0 aliphatic rings. The van der Waals surface area contributed by atoms with Gasteiger partial charge in [-0.05, 0) is 47.2 Å². The minimum Gasteiger partial charge on any atom is -0.491 e. The van der Waals surface area contributed by atoms with Gasteiger partial charge in [0.1, 0.15) is 18.0 Å². The maximum absolute atomic E-state index is 6.74. The number of unbranched alkanes of at least 4 members (excludes halogenated alkanes) is 6. The van der Waals surface area contributed by atoms with Crippen molar-refractivity contribution in [1.29, 1.82) is 0 Å². The van der Waals surface area contributed by atoms with Gasteiger partial charge in [0, 0.05) is 0 Å². The summed E-state index contributed by atoms with van der Waals surface area (Å²) in [7, 11) is 0. The van der Waals surface area contributed by atoms with Crippen molar-refractivity contribution in [1.82, 2.24) is 0 Å². The van der Waals surface area contributed by atoms with Crippen molar-refractivity contribution in [2.24, 2.45) is 0 Å². The van der Waals surface area contributed by atoms with Gasteiger partial charge in [0.05, 0.1) is 72.7 Å². The molecule has 0 amide bonds. The summed E-state index contributed by atoms with van der Waals surface area (Å²) < 4.78 is 41.0. The highest BCUT2D eigenvalue weighted by Crippen LogP contribution is 2.40. The molecular weight excluding hydrogens is 664 g/mol. The van der Waals surface area contributed by atoms with Crippen molar-refractivity contribution in [3.8, 4) is 5.75 Å². The first kappa shape index (κ1) is 42.2. The molecule has 0 aromatic heterocycles. The van der Waals surface area contributed by atoms with E-state index in [2.05, 4.69) is 104 Å². The minimum absolute atomic E-state index is 0.425. The lowest BCUT2D eigenvalue weighted by molar-refractivity contribution is -0.0392. The SMILES string of the molecule is CCCCCCCCCc1ccc(OCCOCCOCCOCCOCCOCCOC(c2ccccc2)(c2ccccc2)c2ccccc2)cc1. The molecule has 0 atom stereocenters. The van der Waals surface area contributed by atoms with Gasteiger partial charge < -0.3 is 33.2 Å². The van der Waals surface area contributed by atoms with Crippen LogP contribution in [0.1, 0.15) is 74.1 Å². The summed E-state index contributed by atoms with van der Waals surface area (Å²) in [5, 5.41) is 0. The van der Waals surface area contributed by atoms with Gasteiger partial charge >= 0.3 is 0 Å². The lowest BCUT2D eigenvalue weighted by Crippen LogP contribution is -2.34. The van der Waals surface area contributed by atoms with E-state index in [1.807, 2.05) is 18.2 Å². The van der Waals surface area contributed by atoms with Gasteiger partial charge in [-0.2, -0.15) is 0 Å². The zero-order valence-corrected chi connectivity index (χ0v) is 32.0. The van der Waals surface area contributed by atoms with Crippen molar-refractivity contribution in [2.75, 3.05) is 79.3 Å². The maximum atomic E-state index is 6.74.